The van der Waals surface area contributed by atoms with Crippen LogP contribution in [0.5, 0.6) is 6.01 Å². The Bertz CT molecular complexity index is 436. The summed E-state index contributed by atoms with van der Waals surface area (Å²) in [5, 5.41) is 0. The van der Waals surface area contributed by atoms with Gasteiger partial charge in [-0.15, -0.1) is 0 Å². The molecule has 1 atom stereocenters. The number of nitrogen functional groups attached to an aromatic ring is 1. The molecule has 0 radical (unpaired) electrons. The zero-order valence-corrected chi connectivity index (χ0v) is 12.0. The third kappa shape index (κ3) is 3.44. The average Bonchev–Trinajstić information content (AvgIpc) is 2.76. The van der Waals surface area contributed by atoms with Gasteiger partial charge in [0.15, 0.2) is 0 Å². The van der Waals surface area contributed by atoms with Crippen molar-refractivity contribution in [2.45, 2.75) is 32.4 Å². The van der Waals surface area contributed by atoms with Crippen molar-refractivity contribution >= 4 is 11.9 Å². The topological polar surface area (TPSA) is 80.4 Å². The smallest absolute Gasteiger partial charge is 0.323 e. The van der Waals surface area contributed by atoms with Crippen LogP contribution in [0.25, 0.3) is 0 Å². The highest BCUT2D eigenvalue weighted by Gasteiger charge is 2.26. The molecule has 7 heteroatoms. The molecular formula is C12H22N6O. The Morgan fingerprint density at radius 1 is 1.32 bits per heavy atom. The predicted molar refractivity (Wildman–Crippen MR) is 74.3 cm³/mol. The summed E-state index contributed by atoms with van der Waals surface area (Å²) in [5.41, 5.74) is 5.72. The first-order valence-electron chi connectivity index (χ1n) is 6.55. The van der Waals surface area contributed by atoms with Crippen molar-refractivity contribution in [3.63, 3.8) is 0 Å². The quantitative estimate of drug-likeness (QED) is 0.843. The summed E-state index contributed by atoms with van der Waals surface area (Å²) >= 11 is 0. The van der Waals surface area contributed by atoms with Crippen LogP contribution in [0.4, 0.5) is 11.9 Å². The van der Waals surface area contributed by atoms with E-state index in [2.05, 4.69) is 38.8 Å². The van der Waals surface area contributed by atoms with E-state index in [9.17, 15) is 0 Å². The third-order valence-corrected chi connectivity index (χ3v) is 3.14. The Morgan fingerprint density at radius 2 is 2.05 bits per heavy atom. The maximum Gasteiger partial charge on any atom is 0.323 e. The van der Waals surface area contributed by atoms with Gasteiger partial charge < -0.3 is 20.3 Å². The van der Waals surface area contributed by atoms with E-state index in [4.69, 9.17) is 10.5 Å². The SMILES string of the molecule is CC(C)Oc1nc(N)nc(N2CCC(N(C)C)C2)n1. The summed E-state index contributed by atoms with van der Waals surface area (Å²) in [6, 6.07) is 0.818. The van der Waals surface area contributed by atoms with Crippen LogP contribution in [-0.4, -0.2) is 59.2 Å². The van der Waals surface area contributed by atoms with Crippen molar-refractivity contribution in [3.8, 4) is 6.01 Å². The lowest BCUT2D eigenvalue weighted by Crippen LogP contribution is -2.32. The van der Waals surface area contributed by atoms with Crippen molar-refractivity contribution < 1.29 is 4.74 Å². The molecule has 0 saturated carbocycles. The van der Waals surface area contributed by atoms with Crippen LogP contribution in [0.2, 0.25) is 0 Å². The van der Waals surface area contributed by atoms with Crippen molar-refractivity contribution in [1.82, 2.24) is 19.9 Å². The van der Waals surface area contributed by atoms with Gasteiger partial charge in [0.2, 0.25) is 11.9 Å². The van der Waals surface area contributed by atoms with Gasteiger partial charge in [-0.1, -0.05) is 0 Å². The van der Waals surface area contributed by atoms with Gasteiger partial charge in [-0.3, -0.25) is 0 Å². The molecule has 1 aromatic rings. The molecule has 1 saturated heterocycles. The van der Waals surface area contributed by atoms with E-state index >= 15 is 0 Å². The van der Waals surface area contributed by atoms with Crippen molar-refractivity contribution in [3.05, 3.63) is 0 Å². The standard InChI is InChI=1S/C12H22N6O/c1-8(2)19-12-15-10(13)14-11(16-12)18-6-5-9(7-18)17(3)4/h8-9H,5-7H2,1-4H3,(H2,13,14,15,16). The van der Waals surface area contributed by atoms with Gasteiger partial charge in [0.05, 0.1) is 6.10 Å². The maximum atomic E-state index is 5.72. The minimum Gasteiger partial charge on any atom is -0.461 e. The zero-order valence-electron chi connectivity index (χ0n) is 12.0. The minimum absolute atomic E-state index is 0.0164. The summed E-state index contributed by atoms with van der Waals surface area (Å²) in [6.45, 7) is 5.68. The lowest BCUT2D eigenvalue weighted by molar-refractivity contribution is 0.222. The van der Waals surface area contributed by atoms with Crippen LogP contribution >= 0.6 is 0 Å². The van der Waals surface area contributed by atoms with Crippen LogP contribution in [0, 0.1) is 0 Å². The number of ether oxygens (including phenoxy) is 1. The molecule has 0 amide bonds. The van der Waals surface area contributed by atoms with Crippen molar-refractivity contribution in [2.75, 3.05) is 37.8 Å². The molecule has 1 aliphatic heterocycles. The highest BCUT2D eigenvalue weighted by Crippen LogP contribution is 2.21. The largest absolute Gasteiger partial charge is 0.461 e. The average molecular weight is 266 g/mol. The second kappa shape index (κ2) is 5.56. The van der Waals surface area contributed by atoms with Gasteiger partial charge in [-0.25, -0.2) is 0 Å². The fourth-order valence-corrected chi connectivity index (χ4v) is 2.11. The molecule has 1 unspecified atom stereocenters. The van der Waals surface area contributed by atoms with E-state index in [1.54, 1.807) is 0 Å². The molecular weight excluding hydrogens is 244 g/mol. The maximum absolute atomic E-state index is 5.72. The minimum atomic E-state index is 0.0164. The lowest BCUT2D eigenvalue weighted by Gasteiger charge is -2.20. The molecule has 0 aliphatic carbocycles. The first-order valence-corrected chi connectivity index (χ1v) is 6.55. The Hall–Kier alpha value is -1.63. The van der Waals surface area contributed by atoms with E-state index in [1.165, 1.54) is 0 Å². The summed E-state index contributed by atoms with van der Waals surface area (Å²) < 4.78 is 5.49. The van der Waals surface area contributed by atoms with E-state index in [0.29, 0.717) is 18.0 Å². The first-order chi connectivity index (χ1) is 8.95. The van der Waals surface area contributed by atoms with E-state index in [1.807, 2.05) is 13.8 Å². The number of rotatable bonds is 4. The number of aromatic nitrogens is 3. The van der Waals surface area contributed by atoms with Crippen molar-refractivity contribution in [1.29, 1.82) is 0 Å². The third-order valence-electron chi connectivity index (χ3n) is 3.14. The summed E-state index contributed by atoms with van der Waals surface area (Å²) in [4.78, 5) is 16.9. The molecule has 2 rings (SSSR count). The number of hydrogen-bond acceptors (Lipinski definition) is 7. The van der Waals surface area contributed by atoms with E-state index in [0.717, 1.165) is 19.5 Å². The highest BCUT2D eigenvalue weighted by molar-refractivity contribution is 5.37. The van der Waals surface area contributed by atoms with E-state index < -0.39 is 0 Å². The van der Waals surface area contributed by atoms with Crippen molar-refractivity contribution in [2.24, 2.45) is 0 Å². The second-order valence-corrected chi connectivity index (χ2v) is 5.29. The summed E-state index contributed by atoms with van der Waals surface area (Å²) in [6.07, 6.45) is 1.11. The predicted octanol–water partition coefficient (Wildman–Crippen LogP) is 0.381. The fraction of sp³-hybridized carbons (Fsp3) is 0.750. The lowest BCUT2D eigenvalue weighted by atomic mass is 10.2. The van der Waals surface area contributed by atoms with Gasteiger partial charge in [-0.05, 0) is 34.4 Å². The molecule has 0 bridgehead atoms. The zero-order chi connectivity index (χ0) is 14.0. The monoisotopic (exact) mass is 266 g/mol. The van der Waals surface area contributed by atoms with Crippen LogP contribution in [0.15, 0.2) is 0 Å². The molecule has 1 fully saturated rings. The molecule has 2 heterocycles. The number of likely N-dealkylation sites (N-methyl/N-ethyl adjacent to an activating group) is 1. The number of nitrogens with two attached hydrogens (primary N) is 1. The van der Waals surface area contributed by atoms with Crippen LogP contribution in [0.3, 0.4) is 0 Å². The second-order valence-electron chi connectivity index (χ2n) is 5.29. The van der Waals surface area contributed by atoms with Crippen LogP contribution in [0.1, 0.15) is 20.3 Å². The Balaban J connectivity index is 2.14. The van der Waals surface area contributed by atoms with E-state index in [-0.39, 0.29) is 12.1 Å². The first kappa shape index (κ1) is 13.8. The Labute approximate surface area is 113 Å². The molecule has 0 spiro atoms. The number of anilines is 2. The van der Waals surface area contributed by atoms with Gasteiger partial charge in [-0.2, -0.15) is 15.0 Å². The molecule has 1 aliphatic rings. The van der Waals surface area contributed by atoms with Gasteiger partial charge in [0.1, 0.15) is 0 Å². The number of hydrogen-bond donors (Lipinski definition) is 1. The van der Waals surface area contributed by atoms with Crippen LogP contribution < -0.4 is 15.4 Å². The highest BCUT2D eigenvalue weighted by atomic mass is 16.5. The number of nitrogens with zero attached hydrogens (tertiary/aromatic N) is 5. The Kier molecular flexibility index (Phi) is 4.04. The van der Waals surface area contributed by atoms with Gasteiger partial charge in [0, 0.05) is 19.1 Å². The van der Waals surface area contributed by atoms with Crippen LogP contribution in [-0.2, 0) is 0 Å². The fourth-order valence-electron chi connectivity index (χ4n) is 2.11. The molecule has 19 heavy (non-hydrogen) atoms. The molecule has 106 valence electrons. The van der Waals surface area contributed by atoms with Gasteiger partial charge in [0.25, 0.3) is 0 Å². The molecule has 2 N–H and O–H groups in total. The normalized spacial score (nSPS) is 19.5. The summed E-state index contributed by atoms with van der Waals surface area (Å²) in [5.74, 6) is 0.807. The Morgan fingerprint density at radius 3 is 2.63 bits per heavy atom. The molecule has 0 aromatic carbocycles. The summed E-state index contributed by atoms with van der Waals surface area (Å²) in [7, 11) is 4.17. The molecule has 7 nitrogen and oxygen atoms in total. The molecule has 1 aromatic heterocycles. The van der Waals surface area contributed by atoms with Gasteiger partial charge >= 0.3 is 6.01 Å².